The molecule has 0 spiro atoms. The molecule has 0 atom stereocenters. The van der Waals surface area contributed by atoms with Gasteiger partial charge in [0, 0.05) is 49.8 Å². The second kappa shape index (κ2) is 7.95. The van der Waals surface area contributed by atoms with E-state index in [0.717, 1.165) is 54.5 Å². The van der Waals surface area contributed by atoms with Crippen LogP contribution in [0.3, 0.4) is 0 Å². The highest BCUT2D eigenvalue weighted by molar-refractivity contribution is 5.76. The van der Waals surface area contributed by atoms with Crippen LogP contribution < -0.4 is 14.5 Å². The number of rotatable bonds is 4. The van der Waals surface area contributed by atoms with Crippen molar-refractivity contribution in [1.82, 2.24) is 14.6 Å². The molecule has 0 amide bonds. The predicted octanol–water partition coefficient (Wildman–Crippen LogP) is 4.35. The Morgan fingerprint density at radius 1 is 0.903 bits per heavy atom. The fraction of sp³-hybridized carbons (Fsp3) is 0.280. The van der Waals surface area contributed by atoms with Crippen LogP contribution in [-0.4, -0.2) is 47.9 Å². The van der Waals surface area contributed by atoms with Gasteiger partial charge in [-0.3, -0.25) is 0 Å². The first-order valence-corrected chi connectivity index (χ1v) is 10.7. The Bertz CT molecular complexity index is 1220. The number of benzene rings is 2. The molecule has 1 fully saturated rings. The zero-order chi connectivity index (χ0) is 21.4. The molecule has 2 aromatic carbocycles. The topological polar surface area (TPSA) is 45.9 Å². The molecule has 158 valence electrons. The average Bonchev–Trinajstić information content (AvgIpc) is 3.25. The maximum absolute atomic E-state index is 5.37. The SMILES string of the molecule is COc1cccc(-c2cc3c(N4CCN(c5cc(C)ccc5C)CC4)nccn3n2)c1. The standard InChI is InChI=1S/C25H27N5O/c1-18-7-8-19(2)23(15-18)28-11-13-29(14-12-28)25-24-17-22(27-30(24)10-9-26-25)20-5-4-6-21(16-20)31-3/h4-10,15-17H,11-14H2,1-3H3. The predicted molar refractivity (Wildman–Crippen MR) is 125 cm³/mol. The molecule has 1 saturated heterocycles. The van der Waals surface area contributed by atoms with Crippen LogP contribution in [0.25, 0.3) is 16.8 Å². The first-order valence-electron chi connectivity index (χ1n) is 10.7. The van der Waals surface area contributed by atoms with Crippen LogP contribution in [0.1, 0.15) is 11.1 Å². The van der Waals surface area contributed by atoms with Crippen molar-refractivity contribution in [3.8, 4) is 17.0 Å². The number of piperazine rings is 1. The van der Waals surface area contributed by atoms with Gasteiger partial charge in [-0.1, -0.05) is 24.3 Å². The third-order valence-electron chi connectivity index (χ3n) is 6.02. The Morgan fingerprint density at radius 3 is 2.52 bits per heavy atom. The summed E-state index contributed by atoms with van der Waals surface area (Å²) in [6.45, 7) is 8.16. The highest BCUT2D eigenvalue weighted by Crippen LogP contribution is 2.29. The highest BCUT2D eigenvalue weighted by Gasteiger charge is 2.22. The summed E-state index contributed by atoms with van der Waals surface area (Å²) in [6.07, 6.45) is 3.75. The number of ether oxygens (including phenoxy) is 1. The Balaban J connectivity index is 1.41. The minimum atomic E-state index is 0.829. The van der Waals surface area contributed by atoms with Gasteiger partial charge >= 0.3 is 0 Å². The van der Waals surface area contributed by atoms with Crippen LogP contribution in [0, 0.1) is 13.8 Å². The van der Waals surface area contributed by atoms with Gasteiger partial charge in [0.05, 0.1) is 12.8 Å². The van der Waals surface area contributed by atoms with Crippen LogP contribution in [0.4, 0.5) is 11.5 Å². The maximum atomic E-state index is 5.37. The zero-order valence-corrected chi connectivity index (χ0v) is 18.2. The summed E-state index contributed by atoms with van der Waals surface area (Å²) in [4.78, 5) is 9.57. The molecule has 2 aromatic heterocycles. The normalized spacial score (nSPS) is 14.3. The second-order valence-corrected chi connectivity index (χ2v) is 8.11. The molecule has 0 N–H and O–H groups in total. The molecule has 5 rings (SSSR count). The van der Waals surface area contributed by atoms with Gasteiger partial charge in [-0.15, -0.1) is 0 Å². The zero-order valence-electron chi connectivity index (χ0n) is 18.2. The van der Waals surface area contributed by atoms with Gasteiger partial charge < -0.3 is 14.5 Å². The van der Waals surface area contributed by atoms with Crippen molar-refractivity contribution in [1.29, 1.82) is 0 Å². The van der Waals surface area contributed by atoms with E-state index in [-0.39, 0.29) is 0 Å². The Morgan fingerprint density at radius 2 is 1.71 bits per heavy atom. The van der Waals surface area contributed by atoms with Crippen molar-refractivity contribution in [2.45, 2.75) is 13.8 Å². The summed E-state index contributed by atoms with van der Waals surface area (Å²) >= 11 is 0. The number of fused-ring (bicyclic) bond motifs is 1. The summed E-state index contributed by atoms with van der Waals surface area (Å²) in [6, 6.07) is 16.8. The molecule has 0 bridgehead atoms. The molecule has 0 aliphatic carbocycles. The monoisotopic (exact) mass is 413 g/mol. The summed E-state index contributed by atoms with van der Waals surface area (Å²) in [5.74, 6) is 1.82. The minimum absolute atomic E-state index is 0.829. The third-order valence-corrected chi connectivity index (χ3v) is 6.02. The third kappa shape index (κ3) is 3.69. The van der Waals surface area contributed by atoms with Gasteiger partial charge in [0.2, 0.25) is 0 Å². The van der Waals surface area contributed by atoms with Crippen molar-refractivity contribution in [3.05, 3.63) is 72.1 Å². The number of hydrogen-bond acceptors (Lipinski definition) is 5. The van der Waals surface area contributed by atoms with Crippen molar-refractivity contribution < 1.29 is 4.74 Å². The fourth-order valence-corrected chi connectivity index (χ4v) is 4.29. The van der Waals surface area contributed by atoms with Crippen molar-refractivity contribution in [2.24, 2.45) is 0 Å². The number of nitrogens with zero attached hydrogens (tertiary/aromatic N) is 5. The molecular weight excluding hydrogens is 386 g/mol. The van der Waals surface area contributed by atoms with E-state index in [4.69, 9.17) is 14.8 Å². The molecule has 4 aromatic rings. The van der Waals surface area contributed by atoms with E-state index in [1.165, 1.54) is 16.8 Å². The van der Waals surface area contributed by atoms with E-state index in [9.17, 15) is 0 Å². The second-order valence-electron chi connectivity index (χ2n) is 8.11. The van der Waals surface area contributed by atoms with Gasteiger partial charge in [0.25, 0.3) is 0 Å². The van der Waals surface area contributed by atoms with Gasteiger partial charge in [-0.2, -0.15) is 5.10 Å². The maximum Gasteiger partial charge on any atom is 0.154 e. The number of methoxy groups -OCH3 is 1. The lowest BCUT2D eigenvalue weighted by molar-refractivity contribution is 0.415. The molecule has 0 radical (unpaired) electrons. The number of hydrogen-bond donors (Lipinski definition) is 0. The van der Waals surface area contributed by atoms with Gasteiger partial charge in [-0.25, -0.2) is 9.50 Å². The van der Waals surface area contributed by atoms with Crippen LogP contribution >= 0.6 is 0 Å². The van der Waals surface area contributed by atoms with E-state index in [1.807, 2.05) is 35.1 Å². The smallest absolute Gasteiger partial charge is 0.154 e. The van der Waals surface area contributed by atoms with Crippen LogP contribution in [0.5, 0.6) is 5.75 Å². The summed E-state index contributed by atoms with van der Waals surface area (Å²) < 4.78 is 7.30. The van der Waals surface area contributed by atoms with Crippen molar-refractivity contribution >= 4 is 17.0 Å². The van der Waals surface area contributed by atoms with E-state index >= 15 is 0 Å². The minimum Gasteiger partial charge on any atom is -0.497 e. The summed E-state index contributed by atoms with van der Waals surface area (Å²) in [5, 5.41) is 4.78. The highest BCUT2D eigenvalue weighted by atomic mass is 16.5. The molecular formula is C25H27N5O. The molecule has 0 unspecified atom stereocenters. The fourth-order valence-electron chi connectivity index (χ4n) is 4.29. The lowest BCUT2D eigenvalue weighted by Gasteiger charge is -2.37. The van der Waals surface area contributed by atoms with E-state index in [2.05, 4.69) is 54.0 Å². The average molecular weight is 414 g/mol. The lowest BCUT2D eigenvalue weighted by Crippen LogP contribution is -2.47. The number of aromatic nitrogens is 3. The van der Waals surface area contributed by atoms with Gasteiger partial charge in [0.1, 0.15) is 11.3 Å². The molecule has 6 nitrogen and oxygen atoms in total. The molecule has 31 heavy (non-hydrogen) atoms. The van der Waals surface area contributed by atoms with Crippen LogP contribution in [0.2, 0.25) is 0 Å². The molecule has 1 aliphatic heterocycles. The Kier molecular flexibility index (Phi) is 4.98. The van der Waals surface area contributed by atoms with Crippen LogP contribution in [-0.2, 0) is 0 Å². The lowest BCUT2D eigenvalue weighted by atomic mass is 10.1. The van der Waals surface area contributed by atoms with Crippen molar-refractivity contribution in [3.63, 3.8) is 0 Å². The van der Waals surface area contributed by atoms with E-state index in [0.29, 0.717) is 0 Å². The van der Waals surface area contributed by atoms with Crippen molar-refractivity contribution in [2.75, 3.05) is 43.1 Å². The van der Waals surface area contributed by atoms with Crippen LogP contribution in [0.15, 0.2) is 60.9 Å². The quantitative estimate of drug-likeness (QED) is 0.498. The Hall–Kier alpha value is -3.54. The van der Waals surface area contributed by atoms with E-state index in [1.54, 1.807) is 7.11 Å². The summed E-state index contributed by atoms with van der Waals surface area (Å²) in [5.41, 5.74) is 6.96. The first-order chi connectivity index (χ1) is 15.1. The molecule has 0 saturated carbocycles. The number of aryl methyl sites for hydroxylation is 2. The van der Waals surface area contributed by atoms with Gasteiger partial charge in [-0.05, 0) is 49.2 Å². The summed E-state index contributed by atoms with van der Waals surface area (Å²) in [7, 11) is 1.68. The molecule has 3 heterocycles. The first kappa shape index (κ1) is 19.4. The van der Waals surface area contributed by atoms with Gasteiger partial charge in [0.15, 0.2) is 5.82 Å². The number of anilines is 2. The molecule has 6 heteroatoms. The largest absolute Gasteiger partial charge is 0.497 e. The van der Waals surface area contributed by atoms with E-state index < -0.39 is 0 Å². The Labute approximate surface area is 182 Å². The molecule has 1 aliphatic rings.